The molecule has 3 aromatic carbocycles. The van der Waals surface area contributed by atoms with E-state index in [-0.39, 0.29) is 6.61 Å². The van der Waals surface area contributed by atoms with Crippen molar-refractivity contribution in [3.05, 3.63) is 77.9 Å². The van der Waals surface area contributed by atoms with E-state index in [1.54, 1.807) is 18.4 Å². The maximum atomic E-state index is 9.11. The number of hydrogen-bond donors (Lipinski definition) is 1. The summed E-state index contributed by atoms with van der Waals surface area (Å²) in [7, 11) is 1.68. The fourth-order valence-corrected chi connectivity index (χ4v) is 4.51. The van der Waals surface area contributed by atoms with Gasteiger partial charge in [0, 0.05) is 16.7 Å². The minimum Gasteiger partial charge on any atom is -0.497 e. The number of ether oxygens (including phenoxy) is 2. The highest BCUT2D eigenvalue weighted by Gasteiger charge is 2.18. The molecule has 0 aliphatic rings. The second-order valence-electron chi connectivity index (χ2n) is 6.66. The second kappa shape index (κ2) is 8.05. The lowest BCUT2D eigenvalue weighted by molar-refractivity contribution is 0.299. The number of methoxy groups -OCH3 is 1. The van der Waals surface area contributed by atoms with Crippen LogP contribution in [0.1, 0.15) is 11.1 Å². The summed E-state index contributed by atoms with van der Waals surface area (Å²) >= 11 is 1.71. The molecule has 0 saturated carbocycles. The van der Waals surface area contributed by atoms with Crippen molar-refractivity contribution in [2.24, 2.45) is 0 Å². The zero-order valence-corrected chi connectivity index (χ0v) is 16.8. The fourth-order valence-electron chi connectivity index (χ4n) is 3.26. The maximum Gasteiger partial charge on any atom is 0.153 e. The smallest absolute Gasteiger partial charge is 0.153 e. The zero-order valence-electron chi connectivity index (χ0n) is 15.9. The minimum absolute atomic E-state index is 0.147. The number of thiophene rings is 1. The quantitative estimate of drug-likeness (QED) is 0.425. The van der Waals surface area contributed by atoms with Crippen LogP contribution in [0.2, 0.25) is 0 Å². The van der Waals surface area contributed by atoms with Gasteiger partial charge in [-0.2, -0.15) is 0 Å². The zero-order chi connectivity index (χ0) is 19.5. The SMILES string of the molecule is COc1ccc2c(Oc3ccc(CCO)cc3)c(-c3ccccc3C)sc2c1. The van der Waals surface area contributed by atoms with Crippen molar-refractivity contribution in [1.29, 1.82) is 0 Å². The number of aliphatic hydroxyl groups is 1. The molecule has 142 valence electrons. The van der Waals surface area contributed by atoms with Crippen molar-refractivity contribution in [3.63, 3.8) is 0 Å². The monoisotopic (exact) mass is 390 g/mol. The molecule has 0 aliphatic carbocycles. The van der Waals surface area contributed by atoms with E-state index in [2.05, 4.69) is 43.3 Å². The maximum absolute atomic E-state index is 9.11. The van der Waals surface area contributed by atoms with Crippen LogP contribution in [0.3, 0.4) is 0 Å². The van der Waals surface area contributed by atoms with Gasteiger partial charge in [0.25, 0.3) is 0 Å². The summed E-state index contributed by atoms with van der Waals surface area (Å²) in [6.07, 6.45) is 0.649. The molecule has 0 aliphatic heterocycles. The van der Waals surface area contributed by atoms with Crippen molar-refractivity contribution in [1.82, 2.24) is 0 Å². The molecule has 1 heterocycles. The van der Waals surface area contributed by atoms with Gasteiger partial charge in [-0.05, 0) is 60.4 Å². The summed E-state index contributed by atoms with van der Waals surface area (Å²) in [6, 6.07) is 22.3. The largest absolute Gasteiger partial charge is 0.497 e. The molecule has 0 fully saturated rings. The Hall–Kier alpha value is -2.82. The lowest BCUT2D eigenvalue weighted by atomic mass is 10.1. The van der Waals surface area contributed by atoms with E-state index >= 15 is 0 Å². The van der Waals surface area contributed by atoms with Gasteiger partial charge in [-0.3, -0.25) is 0 Å². The number of fused-ring (bicyclic) bond motifs is 1. The van der Waals surface area contributed by atoms with Gasteiger partial charge in [0.05, 0.1) is 12.0 Å². The van der Waals surface area contributed by atoms with Crippen LogP contribution in [-0.2, 0) is 6.42 Å². The molecule has 0 amide bonds. The Morgan fingerprint density at radius 3 is 2.39 bits per heavy atom. The van der Waals surface area contributed by atoms with E-state index < -0.39 is 0 Å². The number of benzene rings is 3. The van der Waals surface area contributed by atoms with E-state index in [4.69, 9.17) is 14.6 Å². The molecule has 0 spiro atoms. The Morgan fingerprint density at radius 2 is 1.68 bits per heavy atom. The summed E-state index contributed by atoms with van der Waals surface area (Å²) in [5, 5.41) is 10.2. The molecule has 1 N–H and O–H groups in total. The van der Waals surface area contributed by atoms with Crippen molar-refractivity contribution in [2.45, 2.75) is 13.3 Å². The number of hydrogen-bond acceptors (Lipinski definition) is 4. The van der Waals surface area contributed by atoms with Crippen LogP contribution >= 0.6 is 11.3 Å². The third-order valence-corrected chi connectivity index (χ3v) is 5.95. The summed E-state index contributed by atoms with van der Waals surface area (Å²) in [6.45, 7) is 2.27. The highest BCUT2D eigenvalue weighted by atomic mass is 32.1. The fraction of sp³-hybridized carbons (Fsp3) is 0.167. The van der Waals surface area contributed by atoms with E-state index in [1.165, 1.54) is 11.1 Å². The molecule has 0 radical (unpaired) electrons. The summed E-state index contributed by atoms with van der Waals surface area (Å²) < 4.78 is 12.9. The average molecular weight is 391 g/mol. The molecule has 0 bridgehead atoms. The molecule has 28 heavy (non-hydrogen) atoms. The molecule has 0 unspecified atom stereocenters. The normalized spacial score (nSPS) is 11.0. The molecule has 0 saturated heterocycles. The lowest BCUT2D eigenvalue weighted by Crippen LogP contribution is -1.91. The van der Waals surface area contributed by atoms with Crippen molar-refractivity contribution in [2.75, 3.05) is 13.7 Å². The van der Waals surface area contributed by atoms with Crippen LogP contribution in [0.5, 0.6) is 17.2 Å². The highest BCUT2D eigenvalue weighted by molar-refractivity contribution is 7.22. The van der Waals surface area contributed by atoms with Gasteiger partial charge in [0.1, 0.15) is 11.5 Å². The Morgan fingerprint density at radius 1 is 0.929 bits per heavy atom. The lowest BCUT2D eigenvalue weighted by Gasteiger charge is -2.10. The first kappa shape index (κ1) is 18.5. The first-order valence-corrected chi connectivity index (χ1v) is 10.1. The predicted octanol–water partition coefficient (Wildman–Crippen LogP) is 6.21. The third-order valence-electron chi connectivity index (χ3n) is 4.79. The van der Waals surface area contributed by atoms with Crippen molar-refractivity contribution >= 4 is 21.4 Å². The van der Waals surface area contributed by atoms with Crippen LogP contribution in [-0.4, -0.2) is 18.8 Å². The first-order valence-electron chi connectivity index (χ1n) is 9.24. The van der Waals surface area contributed by atoms with Gasteiger partial charge in [-0.15, -0.1) is 11.3 Å². The molecule has 3 nitrogen and oxygen atoms in total. The highest BCUT2D eigenvalue weighted by Crippen LogP contribution is 2.47. The predicted molar refractivity (Wildman–Crippen MR) is 116 cm³/mol. The molecule has 4 rings (SSSR count). The van der Waals surface area contributed by atoms with E-state index in [9.17, 15) is 0 Å². The third kappa shape index (κ3) is 3.61. The van der Waals surface area contributed by atoms with Crippen LogP contribution in [0.15, 0.2) is 66.7 Å². The summed E-state index contributed by atoms with van der Waals surface area (Å²) in [5.41, 5.74) is 3.48. The van der Waals surface area contributed by atoms with Crippen molar-refractivity contribution in [3.8, 4) is 27.7 Å². The molecule has 4 aromatic rings. The average Bonchev–Trinajstić information content (AvgIpc) is 3.07. The number of aryl methyl sites for hydroxylation is 1. The van der Waals surface area contributed by atoms with E-state index in [0.29, 0.717) is 6.42 Å². The first-order chi connectivity index (χ1) is 13.7. The Balaban J connectivity index is 1.82. The second-order valence-corrected chi connectivity index (χ2v) is 7.71. The molecular weight excluding hydrogens is 368 g/mol. The van der Waals surface area contributed by atoms with Crippen LogP contribution in [0, 0.1) is 6.92 Å². The Kier molecular flexibility index (Phi) is 5.33. The summed E-state index contributed by atoms with van der Waals surface area (Å²) in [4.78, 5) is 1.11. The number of aliphatic hydroxyl groups excluding tert-OH is 1. The van der Waals surface area contributed by atoms with Gasteiger partial charge in [0.2, 0.25) is 0 Å². The van der Waals surface area contributed by atoms with Gasteiger partial charge >= 0.3 is 0 Å². The van der Waals surface area contributed by atoms with Gasteiger partial charge in [-0.25, -0.2) is 0 Å². The Labute approximate surface area is 168 Å². The van der Waals surface area contributed by atoms with Crippen LogP contribution in [0.4, 0.5) is 0 Å². The minimum atomic E-state index is 0.147. The van der Waals surface area contributed by atoms with E-state index in [0.717, 1.165) is 37.8 Å². The summed E-state index contributed by atoms with van der Waals surface area (Å²) in [5.74, 6) is 2.49. The van der Waals surface area contributed by atoms with Gasteiger partial charge in [0.15, 0.2) is 5.75 Å². The van der Waals surface area contributed by atoms with Gasteiger partial charge < -0.3 is 14.6 Å². The van der Waals surface area contributed by atoms with E-state index in [1.807, 2.05) is 30.3 Å². The van der Waals surface area contributed by atoms with Crippen molar-refractivity contribution < 1.29 is 14.6 Å². The molecule has 1 aromatic heterocycles. The molecule has 0 atom stereocenters. The molecular formula is C24H22O3S. The van der Waals surface area contributed by atoms with Crippen LogP contribution < -0.4 is 9.47 Å². The molecule has 4 heteroatoms. The number of rotatable bonds is 6. The standard InChI is InChI=1S/C24H22O3S/c1-16-5-3-4-6-20(16)24-23(21-12-11-19(26-2)15-22(21)28-24)27-18-9-7-17(8-10-18)13-14-25/h3-12,15,25H,13-14H2,1-2H3. The van der Waals surface area contributed by atoms with Gasteiger partial charge in [-0.1, -0.05) is 36.4 Å². The Bertz CT molecular complexity index is 1100. The van der Waals surface area contributed by atoms with Crippen LogP contribution in [0.25, 0.3) is 20.5 Å². The topological polar surface area (TPSA) is 38.7 Å².